The first-order valence-corrected chi connectivity index (χ1v) is 10.3. The van der Waals surface area contributed by atoms with Crippen molar-refractivity contribution in [1.29, 1.82) is 0 Å². The average Bonchev–Trinajstić information content (AvgIpc) is 2.77. The van der Waals surface area contributed by atoms with E-state index >= 15 is 0 Å². The molecule has 0 aliphatic carbocycles. The van der Waals surface area contributed by atoms with Crippen molar-refractivity contribution in [3.05, 3.63) is 59.7 Å². The van der Waals surface area contributed by atoms with E-state index in [1.54, 1.807) is 19.1 Å². The average molecular weight is 413 g/mol. The second-order valence-electron chi connectivity index (χ2n) is 7.39. The van der Waals surface area contributed by atoms with Crippen LogP contribution < -0.4 is 14.8 Å². The fourth-order valence-electron chi connectivity index (χ4n) is 3.33. The van der Waals surface area contributed by atoms with Gasteiger partial charge in [-0.05, 0) is 41.7 Å². The number of rotatable bonds is 10. The van der Waals surface area contributed by atoms with E-state index in [-0.39, 0.29) is 24.3 Å². The lowest BCUT2D eigenvalue weighted by atomic mass is 10.0. The Hall–Kier alpha value is -3.02. The predicted molar refractivity (Wildman–Crippen MR) is 118 cm³/mol. The summed E-state index contributed by atoms with van der Waals surface area (Å²) in [7, 11) is 3.19. The Morgan fingerprint density at radius 1 is 1.07 bits per heavy atom. The van der Waals surface area contributed by atoms with Gasteiger partial charge in [-0.3, -0.25) is 9.59 Å². The molecule has 1 unspecified atom stereocenters. The highest BCUT2D eigenvalue weighted by Gasteiger charge is 2.28. The maximum Gasteiger partial charge on any atom is 0.261 e. The van der Waals surface area contributed by atoms with Gasteiger partial charge in [-0.1, -0.05) is 51.1 Å². The lowest BCUT2D eigenvalue weighted by Gasteiger charge is -2.30. The van der Waals surface area contributed by atoms with Crippen molar-refractivity contribution in [2.75, 3.05) is 20.8 Å². The van der Waals surface area contributed by atoms with Crippen LogP contribution in [0.25, 0.3) is 0 Å². The number of hydrogen-bond donors (Lipinski definition) is 1. The summed E-state index contributed by atoms with van der Waals surface area (Å²) in [6.07, 6.45) is 0.504. The molecular formula is C24H32N2O4. The van der Waals surface area contributed by atoms with Gasteiger partial charge < -0.3 is 19.7 Å². The van der Waals surface area contributed by atoms with Crippen LogP contribution in [0.4, 0.5) is 0 Å². The molecule has 0 saturated carbocycles. The van der Waals surface area contributed by atoms with Crippen LogP contribution in [0.15, 0.2) is 48.5 Å². The first-order valence-electron chi connectivity index (χ1n) is 10.3. The van der Waals surface area contributed by atoms with Gasteiger partial charge in [0.15, 0.2) is 6.61 Å². The van der Waals surface area contributed by atoms with Crippen LogP contribution in [0, 0.1) is 0 Å². The number of nitrogens with one attached hydrogen (secondary N) is 1. The summed E-state index contributed by atoms with van der Waals surface area (Å²) >= 11 is 0. The van der Waals surface area contributed by atoms with E-state index in [0.717, 1.165) is 16.9 Å². The minimum absolute atomic E-state index is 0.132. The summed E-state index contributed by atoms with van der Waals surface area (Å²) in [6, 6.07) is 14.6. The van der Waals surface area contributed by atoms with Crippen LogP contribution in [0.5, 0.6) is 11.5 Å². The molecule has 0 saturated heterocycles. The maximum atomic E-state index is 13.1. The van der Waals surface area contributed by atoms with Gasteiger partial charge in [0.2, 0.25) is 5.91 Å². The number of amides is 2. The second-order valence-corrected chi connectivity index (χ2v) is 7.39. The fraction of sp³-hybridized carbons (Fsp3) is 0.417. The number of para-hydroxylation sites is 1. The highest BCUT2D eigenvalue weighted by atomic mass is 16.5. The number of carbonyl (C=O) groups excluding carboxylic acids is 2. The molecule has 6 nitrogen and oxygen atoms in total. The number of likely N-dealkylation sites (N-methyl/N-ethyl adjacent to an activating group) is 1. The van der Waals surface area contributed by atoms with Crippen molar-refractivity contribution in [3.8, 4) is 11.5 Å². The predicted octanol–water partition coefficient (Wildman–Crippen LogP) is 3.75. The van der Waals surface area contributed by atoms with E-state index in [0.29, 0.717) is 18.7 Å². The van der Waals surface area contributed by atoms with Crippen LogP contribution >= 0.6 is 0 Å². The van der Waals surface area contributed by atoms with Crippen LogP contribution in [0.1, 0.15) is 44.2 Å². The summed E-state index contributed by atoms with van der Waals surface area (Å²) < 4.78 is 11.1. The lowest BCUT2D eigenvalue weighted by molar-refractivity contribution is -0.142. The van der Waals surface area contributed by atoms with Gasteiger partial charge in [0.25, 0.3) is 5.91 Å². The van der Waals surface area contributed by atoms with Gasteiger partial charge in [-0.2, -0.15) is 0 Å². The third-order valence-corrected chi connectivity index (χ3v) is 5.04. The Balaban J connectivity index is 2.22. The van der Waals surface area contributed by atoms with Crippen molar-refractivity contribution in [3.63, 3.8) is 0 Å². The number of methoxy groups -OCH3 is 1. The zero-order valence-corrected chi connectivity index (χ0v) is 18.5. The molecule has 0 heterocycles. The molecule has 0 aromatic heterocycles. The third kappa shape index (κ3) is 5.99. The summed E-state index contributed by atoms with van der Waals surface area (Å²) in [5.74, 6) is 1.28. The van der Waals surface area contributed by atoms with Crippen molar-refractivity contribution >= 4 is 11.8 Å². The molecule has 6 heteroatoms. The van der Waals surface area contributed by atoms with Crippen molar-refractivity contribution in [2.24, 2.45) is 0 Å². The second kappa shape index (κ2) is 11.2. The topological polar surface area (TPSA) is 67.9 Å². The Bertz CT molecular complexity index is 833. The van der Waals surface area contributed by atoms with E-state index in [1.165, 1.54) is 0 Å². The molecule has 1 N–H and O–H groups in total. The minimum Gasteiger partial charge on any atom is -0.497 e. The van der Waals surface area contributed by atoms with Crippen molar-refractivity contribution in [1.82, 2.24) is 10.2 Å². The van der Waals surface area contributed by atoms with Gasteiger partial charge in [0, 0.05) is 13.6 Å². The van der Waals surface area contributed by atoms with Gasteiger partial charge >= 0.3 is 0 Å². The molecule has 0 spiro atoms. The molecular weight excluding hydrogens is 380 g/mol. The van der Waals surface area contributed by atoms with Gasteiger partial charge in [-0.25, -0.2) is 0 Å². The van der Waals surface area contributed by atoms with E-state index in [2.05, 4.69) is 19.2 Å². The molecule has 2 rings (SSSR count). The summed E-state index contributed by atoms with van der Waals surface area (Å²) in [6.45, 7) is 6.23. The molecule has 162 valence electrons. The van der Waals surface area contributed by atoms with E-state index < -0.39 is 6.04 Å². The highest BCUT2D eigenvalue weighted by molar-refractivity contribution is 5.88. The van der Waals surface area contributed by atoms with E-state index in [4.69, 9.17) is 9.47 Å². The molecule has 0 aliphatic heterocycles. The fourth-order valence-corrected chi connectivity index (χ4v) is 3.33. The van der Waals surface area contributed by atoms with Crippen molar-refractivity contribution < 1.29 is 19.1 Å². The monoisotopic (exact) mass is 412 g/mol. The Kier molecular flexibility index (Phi) is 8.71. The van der Waals surface area contributed by atoms with Crippen LogP contribution in [-0.4, -0.2) is 43.5 Å². The van der Waals surface area contributed by atoms with E-state index in [9.17, 15) is 9.59 Å². The normalized spacial score (nSPS) is 11.7. The Labute approximate surface area is 179 Å². The summed E-state index contributed by atoms with van der Waals surface area (Å²) in [4.78, 5) is 27.2. The van der Waals surface area contributed by atoms with Crippen molar-refractivity contribution in [2.45, 2.75) is 45.7 Å². The molecule has 1 atom stereocenters. The van der Waals surface area contributed by atoms with Gasteiger partial charge in [-0.15, -0.1) is 0 Å². The van der Waals surface area contributed by atoms with Gasteiger partial charge in [0.05, 0.1) is 7.11 Å². The molecule has 2 amide bonds. The first-order chi connectivity index (χ1) is 14.4. The number of carbonyl (C=O) groups is 2. The van der Waals surface area contributed by atoms with Gasteiger partial charge in [0.1, 0.15) is 17.5 Å². The molecule has 0 aliphatic rings. The molecule has 0 radical (unpaired) electrons. The molecule has 2 aromatic carbocycles. The number of benzene rings is 2. The SMILES string of the molecule is CCC(C(=O)NC)N(Cc1ccc(OC)cc1)C(=O)COc1ccccc1C(C)C. The number of nitrogens with zero attached hydrogens (tertiary/aromatic N) is 1. The number of hydrogen-bond acceptors (Lipinski definition) is 4. The first kappa shape index (κ1) is 23.3. The molecule has 2 aromatic rings. The maximum absolute atomic E-state index is 13.1. The smallest absolute Gasteiger partial charge is 0.261 e. The van der Waals surface area contributed by atoms with E-state index in [1.807, 2.05) is 55.5 Å². The minimum atomic E-state index is -0.575. The molecule has 0 fully saturated rings. The number of ether oxygens (including phenoxy) is 2. The third-order valence-electron chi connectivity index (χ3n) is 5.04. The van der Waals surface area contributed by atoms with Crippen LogP contribution in [-0.2, 0) is 16.1 Å². The molecule has 30 heavy (non-hydrogen) atoms. The zero-order valence-electron chi connectivity index (χ0n) is 18.5. The molecule has 0 bridgehead atoms. The summed E-state index contributed by atoms with van der Waals surface area (Å²) in [5, 5.41) is 2.66. The van der Waals surface area contributed by atoms with Crippen LogP contribution in [0.2, 0.25) is 0 Å². The standard InChI is InChI=1S/C24H32N2O4/c1-6-21(24(28)25-4)26(15-18-11-13-19(29-5)14-12-18)23(27)16-30-22-10-8-7-9-20(22)17(2)3/h7-14,17,21H,6,15-16H2,1-5H3,(H,25,28). The Morgan fingerprint density at radius 3 is 2.30 bits per heavy atom. The van der Waals surface area contributed by atoms with Crippen LogP contribution in [0.3, 0.4) is 0 Å². The summed E-state index contributed by atoms with van der Waals surface area (Å²) in [5.41, 5.74) is 1.96. The quantitative estimate of drug-likeness (QED) is 0.645. The Morgan fingerprint density at radius 2 is 1.73 bits per heavy atom. The largest absolute Gasteiger partial charge is 0.497 e. The zero-order chi connectivity index (χ0) is 22.1. The lowest BCUT2D eigenvalue weighted by Crippen LogP contribution is -2.49. The highest BCUT2D eigenvalue weighted by Crippen LogP contribution is 2.26.